The van der Waals surface area contributed by atoms with Gasteiger partial charge in [0.2, 0.25) is 0 Å². The molecule has 6 heteroatoms. The molecule has 0 bridgehead atoms. The predicted octanol–water partition coefficient (Wildman–Crippen LogP) is 2.63. The van der Waals surface area contributed by atoms with Crippen LogP contribution in [0.15, 0.2) is 59.6 Å². The van der Waals surface area contributed by atoms with E-state index in [0.717, 1.165) is 11.1 Å². The van der Waals surface area contributed by atoms with E-state index in [4.69, 9.17) is 0 Å². The number of carbonyl (C=O) groups is 1. The van der Waals surface area contributed by atoms with Crippen LogP contribution in [0.2, 0.25) is 0 Å². The molecule has 3 rings (SSSR count). The molecule has 1 atom stereocenters. The minimum absolute atomic E-state index is 0.164. The molecule has 24 heavy (non-hydrogen) atoms. The number of benzene rings is 1. The molecule has 1 aromatic carbocycles. The van der Waals surface area contributed by atoms with E-state index in [1.807, 2.05) is 45.9 Å². The lowest BCUT2D eigenvalue weighted by Gasteiger charge is -2.22. The van der Waals surface area contributed by atoms with Gasteiger partial charge in [0, 0.05) is 18.0 Å². The SMILES string of the molecule is C[C@@](O)(CNC(=O)c1ccc(Cn2cccn2)cc1)c1ccsc1. The van der Waals surface area contributed by atoms with Crippen LogP contribution in [-0.4, -0.2) is 27.3 Å². The van der Waals surface area contributed by atoms with Crippen molar-refractivity contribution in [2.75, 3.05) is 6.54 Å². The van der Waals surface area contributed by atoms with Crippen molar-refractivity contribution in [2.45, 2.75) is 19.1 Å². The molecule has 5 nitrogen and oxygen atoms in total. The molecule has 3 aromatic rings. The van der Waals surface area contributed by atoms with Crippen LogP contribution in [0.4, 0.5) is 0 Å². The quantitative estimate of drug-likeness (QED) is 0.724. The zero-order chi connectivity index (χ0) is 17.0. The zero-order valence-corrected chi connectivity index (χ0v) is 14.2. The average Bonchev–Trinajstić information content (AvgIpc) is 3.27. The lowest BCUT2D eigenvalue weighted by Crippen LogP contribution is -2.38. The van der Waals surface area contributed by atoms with E-state index in [-0.39, 0.29) is 12.5 Å². The summed E-state index contributed by atoms with van der Waals surface area (Å²) in [4.78, 5) is 12.3. The molecule has 2 N–H and O–H groups in total. The van der Waals surface area contributed by atoms with Crippen LogP contribution in [0.5, 0.6) is 0 Å². The van der Waals surface area contributed by atoms with Gasteiger partial charge in [0.25, 0.3) is 5.91 Å². The highest BCUT2D eigenvalue weighted by molar-refractivity contribution is 7.08. The molecule has 0 aliphatic carbocycles. The van der Waals surface area contributed by atoms with Crippen molar-refractivity contribution in [2.24, 2.45) is 0 Å². The first-order chi connectivity index (χ1) is 11.5. The molecule has 2 heterocycles. The lowest BCUT2D eigenvalue weighted by molar-refractivity contribution is 0.0530. The summed E-state index contributed by atoms with van der Waals surface area (Å²) < 4.78 is 1.83. The monoisotopic (exact) mass is 341 g/mol. The zero-order valence-electron chi connectivity index (χ0n) is 13.3. The minimum atomic E-state index is -1.07. The molecule has 124 valence electrons. The van der Waals surface area contributed by atoms with Gasteiger partial charge in [0.15, 0.2) is 0 Å². The predicted molar refractivity (Wildman–Crippen MR) is 94.0 cm³/mol. The third-order valence-corrected chi connectivity index (χ3v) is 4.54. The van der Waals surface area contributed by atoms with E-state index in [9.17, 15) is 9.90 Å². The number of hydrogen-bond donors (Lipinski definition) is 2. The van der Waals surface area contributed by atoms with Gasteiger partial charge in [-0.2, -0.15) is 16.4 Å². The molecule has 0 unspecified atom stereocenters. The van der Waals surface area contributed by atoms with Crippen LogP contribution in [0.3, 0.4) is 0 Å². The van der Waals surface area contributed by atoms with Gasteiger partial charge in [-0.05, 0) is 53.1 Å². The number of nitrogens with one attached hydrogen (secondary N) is 1. The largest absolute Gasteiger partial charge is 0.384 e. The highest BCUT2D eigenvalue weighted by Crippen LogP contribution is 2.22. The molecular formula is C18H19N3O2S. The normalized spacial score (nSPS) is 13.4. The molecule has 2 aromatic heterocycles. The molecule has 1 amide bonds. The molecule has 0 spiro atoms. The van der Waals surface area contributed by atoms with Crippen molar-refractivity contribution < 1.29 is 9.90 Å². The number of aromatic nitrogens is 2. The summed E-state index contributed by atoms with van der Waals surface area (Å²) in [7, 11) is 0. The Balaban J connectivity index is 1.59. The van der Waals surface area contributed by atoms with Crippen LogP contribution in [0.1, 0.15) is 28.4 Å². The summed E-state index contributed by atoms with van der Waals surface area (Å²) >= 11 is 1.52. The Morgan fingerprint density at radius 1 is 1.33 bits per heavy atom. The van der Waals surface area contributed by atoms with Gasteiger partial charge < -0.3 is 10.4 Å². The number of aliphatic hydroxyl groups is 1. The van der Waals surface area contributed by atoms with Gasteiger partial charge in [-0.1, -0.05) is 12.1 Å². The molecular weight excluding hydrogens is 322 g/mol. The Morgan fingerprint density at radius 3 is 2.75 bits per heavy atom. The topological polar surface area (TPSA) is 67.2 Å². The number of nitrogens with zero attached hydrogens (tertiary/aromatic N) is 2. The Labute approximate surface area is 144 Å². The van der Waals surface area contributed by atoms with Crippen LogP contribution >= 0.6 is 11.3 Å². The number of amides is 1. The van der Waals surface area contributed by atoms with Crippen LogP contribution < -0.4 is 5.32 Å². The fourth-order valence-corrected chi connectivity index (χ4v) is 3.15. The summed E-state index contributed by atoms with van der Waals surface area (Å²) in [6, 6.07) is 11.1. The van der Waals surface area contributed by atoms with Crippen molar-refractivity contribution in [3.63, 3.8) is 0 Å². The van der Waals surface area contributed by atoms with Crippen molar-refractivity contribution in [3.8, 4) is 0 Å². The summed E-state index contributed by atoms with van der Waals surface area (Å²) in [5.41, 5.74) is 1.37. The fourth-order valence-electron chi connectivity index (χ4n) is 2.37. The van der Waals surface area contributed by atoms with Crippen molar-refractivity contribution >= 4 is 17.2 Å². The van der Waals surface area contributed by atoms with Crippen molar-refractivity contribution in [3.05, 3.63) is 76.2 Å². The van der Waals surface area contributed by atoms with Gasteiger partial charge in [-0.3, -0.25) is 9.48 Å². The van der Waals surface area contributed by atoms with Crippen molar-refractivity contribution in [1.29, 1.82) is 0 Å². The molecule has 0 aliphatic heterocycles. The minimum Gasteiger partial charge on any atom is -0.384 e. The smallest absolute Gasteiger partial charge is 0.251 e. The standard InChI is InChI=1S/C18H19N3O2S/c1-18(23,16-7-10-24-12-16)13-19-17(22)15-5-3-14(4-6-15)11-21-9-2-8-20-21/h2-10,12,23H,11,13H2,1H3,(H,19,22)/t18-/m1/s1. The number of rotatable bonds is 6. The second-order valence-electron chi connectivity index (χ2n) is 5.87. The summed E-state index contributed by atoms with van der Waals surface area (Å²) in [6.07, 6.45) is 3.63. The molecule has 0 fully saturated rings. The lowest BCUT2D eigenvalue weighted by atomic mass is 9.99. The number of hydrogen-bond acceptors (Lipinski definition) is 4. The van der Waals surface area contributed by atoms with Crippen molar-refractivity contribution in [1.82, 2.24) is 15.1 Å². The second kappa shape index (κ2) is 6.98. The van der Waals surface area contributed by atoms with Crippen LogP contribution in [-0.2, 0) is 12.1 Å². The third kappa shape index (κ3) is 3.90. The number of thiophene rings is 1. The maximum absolute atomic E-state index is 12.3. The van der Waals surface area contributed by atoms with Gasteiger partial charge >= 0.3 is 0 Å². The van der Waals surface area contributed by atoms with E-state index in [2.05, 4.69) is 10.4 Å². The van der Waals surface area contributed by atoms with Gasteiger partial charge in [0.05, 0.1) is 13.1 Å². The van der Waals surface area contributed by atoms with Crippen LogP contribution in [0, 0.1) is 0 Å². The summed E-state index contributed by atoms with van der Waals surface area (Å²) in [5.74, 6) is -0.198. The first kappa shape index (κ1) is 16.4. The fraction of sp³-hybridized carbons (Fsp3) is 0.222. The maximum atomic E-state index is 12.3. The van der Waals surface area contributed by atoms with Gasteiger partial charge in [-0.15, -0.1) is 0 Å². The molecule has 0 saturated carbocycles. The third-order valence-electron chi connectivity index (χ3n) is 3.86. The Kier molecular flexibility index (Phi) is 4.78. The van der Waals surface area contributed by atoms with E-state index < -0.39 is 5.60 Å². The Morgan fingerprint density at radius 2 is 2.12 bits per heavy atom. The van der Waals surface area contributed by atoms with Gasteiger partial charge in [0.1, 0.15) is 5.60 Å². The average molecular weight is 341 g/mol. The van der Waals surface area contributed by atoms with E-state index >= 15 is 0 Å². The Bertz CT molecular complexity index is 778. The maximum Gasteiger partial charge on any atom is 0.251 e. The molecule has 0 aliphatic rings. The van der Waals surface area contributed by atoms with Gasteiger partial charge in [-0.25, -0.2) is 0 Å². The number of carbonyl (C=O) groups excluding carboxylic acids is 1. The molecule has 0 radical (unpaired) electrons. The summed E-state index contributed by atoms with van der Waals surface area (Å²) in [5, 5.41) is 21.2. The second-order valence-corrected chi connectivity index (χ2v) is 6.65. The van der Waals surface area contributed by atoms with E-state index in [1.165, 1.54) is 11.3 Å². The Hall–Kier alpha value is -2.44. The first-order valence-corrected chi connectivity index (χ1v) is 8.58. The highest BCUT2D eigenvalue weighted by Gasteiger charge is 2.24. The summed E-state index contributed by atoms with van der Waals surface area (Å²) in [6.45, 7) is 2.53. The first-order valence-electron chi connectivity index (χ1n) is 7.64. The van der Waals surface area contributed by atoms with Crippen LogP contribution in [0.25, 0.3) is 0 Å². The van der Waals surface area contributed by atoms with E-state index in [1.54, 1.807) is 25.3 Å². The highest BCUT2D eigenvalue weighted by atomic mass is 32.1. The van der Waals surface area contributed by atoms with E-state index in [0.29, 0.717) is 12.1 Å². The molecule has 0 saturated heterocycles.